The number of halogens is 6. The molecule has 0 spiro atoms. The van der Waals surface area contributed by atoms with E-state index in [1.54, 1.807) is 0 Å². The summed E-state index contributed by atoms with van der Waals surface area (Å²) in [5.41, 5.74) is -2.56. The van der Waals surface area contributed by atoms with Crippen molar-refractivity contribution in [1.29, 1.82) is 0 Å². The summed E-state index contributed by atoms with van der Waals surface area (Å²) < 4.78 is 77.9. The van der Waals surface area contributed by atoms with Crippen LogP contribution < -0.4 is 10.7 Å². The van der Waals surface area contributed by atoms with E-state index in [2.05, 4.69) is 10.4 Å². The lowest BCUT2D eigenvalue weighted by Gasteiger charge is -2.14. The van der Waals surface area contributed by atoms with Crippen molar-refractivity contribution in [3.8, 4) is 5.69 Å². The second-order valence-electron chi connectivity index (χ2n) is 6.84. The summed E-state index contributed by atoms with van der Waals surface area (Å²) >= 11 is 0. The zero-order valence-electron chi connectivity index (χ0n) is 16.4. The second kappa shape index (κ2) is 8.48. The SMILES string of the molecule is Cc1cc(=O)c(C(=O)NCc2ccc(C(F)(F)F)cc2)nn1-c1cccc(C(F)(F)F)c1. The highest BCUT2D eigenvalue weighted by molar-refractivity contribution is 5.92. The normalized spacial score (nSPS) is 12.0. The first-order valence-electron chi connectivity index (χ1n) is 9.09. The summed E-state index contributed by atoms with van der Waals surface area (Å²) in [6.07, 6.45) is -9.09. The summed E-state index contributed by atoms with van der Waals surface area (Å²) in [6.45, 7) is 1.26. The molecule has 32 heavy (non-hydrogen) atoms. The van der Waals surface area contributed by atoms with Gasteiger partial charge in [0.2, 0.25) is 5.43 Å². The quantitative estimate of drug-likeness (QED) is 0.589. The van der Waals surface area contributed by atoms with Gasteiger partial charge in [-0.2, -0.15) is 31.4 Å². The molecule has 3 aromatic rings. The Hall–Kier alpha value is -3.63. The van der Waals surface area contributed by atoms with Gasteiger partial charge in [0.05, 0.1) is 16.8 Å². The summed E-state index contributed by atoms with van der Waals surface area (Å²) in [6, 6.07) is 9.32. The molecule has 11 heteroatoms. The van der Waals surface area contributed by atoms with Crippen molar-refractivity contribution >= 4 is 5.91 Å². The van der Waals surface area contributed by atoms with Gasteiger partial charge in [0, 0.05) is 18.3 Å². The fraction of sp³-hybridized carbons (Fsp3) is 0.190. The molecule has 0 aliphatic heterocycles. The van der Waals surface area contributed by atoms with Gasteiger partial charge in [-0.05, 0) is 42.8 Å². The average molecular weight is 455 g/mol. The lowest BCUT2D eigenvalue weighted by molar-refractivity contribution is -0.138. The summed E-state index contributed by atoms with van der Waals surface area (Å²) in [4.78, 5) is 24.7. The maximum absolute atomic E-state index is 13.0. The first kappa shape index (κ1) is 23.0. The number of alkyl halides is 6. The minimum absolute atomic E-state index is 0.00545. The molecule has 0 saturated heterocycles. The minimum Gasteiger partial charge on any atom is -0.346 e. The molecular weight excluding hydrogens is 440 g/mol. The molecule has 0 bridgehead atoms. The minimum atomic E-state index is -4.59. The van der Waals surface area contributed by atoms with Crippen LogP contribution in [0.25, 0.3) is 5.69 Å². The molecular formula is C21H15F6N3O2. The zero-order chi connectivity index (χ0) is 23.7. The first-order valence-corrected chi connectivity index (χ1v) is 9.09. The number of nitrogens with one attached hydrogen (secondary N) is 1. The first-order chi connectivity index (χ1) is 14.9. The number of aryl methyl sites for hydroxylation is 1. The molecule has 3 rings (SSSR count). The Morgan fingerprint density at radius 3 is 2.16 bits per heavy atom. The summed E-state index contributed by atoms with van der Waals surface area (Å²) in [7, 11) is 0. The fourth-order valence-corrected chi connectivity index (χ4v) is 2.86. The number of carbonyl (C=O) groups excluding carboxylic acids is 1. The number of aromatic nitrogens is 2. The molecule has 2 aromatic carbocycles. The van der Waals surface area contributed by atoms with Crippen LogP contribution in [-0.4, -0.2) is 15.7 Å². The topological polar surface area (TPSA) is 64.0 Å². The number of hydrogen-bond donors (Lipinski definition) is 1. The third-order valence-corrected chi connectivity index (χ3v) is 4.47. The molecule has 0 atom stereocenters. The van der Waals surface area contributed by atoms with E-state index in [9.17, 15) is 35.9 Å². The summed E-state index contributed by atoms with van der Waals surface area (Å²) in [5, 5.41) is 6.27. The Morgan fingerprint density at radius 2 is 1.56 bits per heavy atom. The van der Waals surface area contributed by atoms with E-state index in [1.165, 1.54) is 31.2 Å². The second-order valence-corrected chi connectivity index (χ2v) is 6.84. The molecule has 0 aliphatic carbocycles. The Kier molecular flexibility index (Phi) is 6.11. The van der Waals surface area contributed by atoms with Crippen LogP contribution in [-0.2, 0) is 18.9 Å². The van der Waals surface area contributed by atoms with Crippen LogP contribution in [0.1, 0.15) is 32.9 Å². The fourth-order valence-electron chi connectivity index (χ4n) is 2.86. The van der Waals surface area contributed by atoms with Crippen LogP contribution in [0.4, 0.5) is 26.3 Å². The molecule has 5 nitrogen and oxygen atoms in total. The Bertz CT molecular complexity index is 1200. The van der Waals surface area contributed by atoms with E-state index in [0.29, 0.717) is 5.56 Å². The van der Waals surface area contributed by atoms with Crippen molar-refractivity contribution in [2.45, 2.75) is 25.8 Å². The van der Waals surface area contributed by atoms with Crippen molar-refractivity contribution in [3.63, 3.8) is 0 Å². The van der Waals surface area contributed by atoms with Gasteiger partial charge in [0.25, 0.3) is 5.91 Å². The number of hydrogen-bond acceptors (Lipinski definition) is 3. The number of amides is 1. The lowest BCUT2D eigenvalue weighted by Crippen LogP contribution is -2.31. The van der Waals surface area contributed by atoms with E-state index in [1.807, 2.05) is 0 Å². The molecule has 0 unspecified atom stereocenters. The van der Waals surface area contributed by atoms with Crippen LogP contribution in [0.3, 0.4) is 0 Å². The van der Waals surface area contributed by atoms with Crippen LogP contribution in [0.2, 0.25) is 0 Å². The molecule has 1 heterocycles. The van der Waals surface area contributed by atoms with Crippen LogP contribution in [0.5, 0.6) is 0 Å². The number of rotatable bonds is 4. The van der Waals surface area contributed by atoms with Gasteiger partial charge in [0.15, 0.2) is 5.69 Å². The van der Waals surface area contributed by atoms with Crippen molar-refractivity contribution in [1.82, 2.24) is 15.1 Å². The molecule has 1 amide bonds. The van der Waals surface area contributed by atoms with Crippen LogP contribution in [0.15, 0.2) is 59.4 Å². The van der Waals surface area contributed by atoms with Gasteiger partial charge in [-0.3, -0.25) is 9.59 Å². The number of nitrogens with zero attached hydrogens (tertiary/aromatic N) is 2. The van der Waals surface area contributed by atoms with E-state index in [0.717, 1.165) is 35.0 Å². The maximum atomic E-state index is 13.0. The third kappa shape index (κ3) is 5.16. The standard InChI is InChI=1S/C21H15F6N3O2/c1-12-9-17(31)18(29-30(12)16-4-2-3-15(10-16)21(25,26)27)19(32)28-11-13-5-7-14(8-6-13)20(22,23)24/h2-10H,11H2,1H3,(H,28,32). The predicted molar refractivity (Wildman–Crippen MR) is 102 cm³/mol. The van der Waals surface area contributed by atoms with Crippen molar-refractivity contribution in [3.05, 3.63) is 92.9 Å². The van der Waals surface area contributed by atoms with Crippen molar-refractivity contribution in [2.24, 2.45) is 0 Å². The highest BCUT2D eigenvalue weighted by Gasteiger charge is 2.31. The highest BCUT2D eigenvalue weighted by Crippen LogP contribution is 2.30. The van der Waals surface area contributed by atoms with Gasteiger partial charge < -0.3 is 5.32 Å². The van der Waals surface area contributed by atoms with Crippen LogP contribution >= 0.6 is 0 Å². The van der Waals surface area contributed by atoms with Gasteiger partial charge >= 0.3 is 12.4 Å². The largest absolute Gasteiger partial charge is 0.416 e. The zero-order valence-corrected chi connectivity index (χ0v) is 16.4. The molecule has 0 radical (unpaired) electrons. The molecule has 0 aliphatic rings. The third-order valence-electron chi connectivity index (χ3n) is 4.47. The van der Waals surface area contributed by atoms with E-state index < -0.39 is 40.5 Å². The number of carbonyl (C=O) groups is 1. The van der Waals surface area contributed by atoms with E-state index in [-0.39, 0.29) is 17.9 Å². The monoisotopic (exact) mass is 455 g/mol. The molecule has 1 N–H and O–H groups in total. The number of benzene rings is 2. The van der Waals surface area contributed by atoms with Crippen molar-refractivity contribution in [2.75, 3.05) is 0 Å². The van der Waals surface area contributed by atoms with Gasteiger partial charge in [-0.1, -0.05) is 18.2 Å². The lowest BCUT2D eigenvalue weighted by atomic mass is 10.1. The molecule has 1 aromatic heterocycles. The van der Waals surface area contributed by atoms with Crippen molar-refractivity contribution < 1.29 is 31.1 Å². The molecule has 0 fully saturated rings. The molecule has 0 saturated carbocycles. The van der Waals surface area contributed by atoms with Gasteiger partial charge in [0.1, 0.15) is 0 Å². The predicted octanol–water partition coefficient (Wildman–Crippen LogP) is 4.51. The van der Waals surface area contributed by atoms with E-state index in [4.69, 9.17) is 0 Å². The Morgan fingerprint density at radius 1 is 0.938 bits per heavy atom. The Labute approximate surface area is 177 Å². The van der Waals surface area contributed by atoms with Crippen LogP contribution in [0, 0.1) is 6.92 Å². The highest BCUT2D eigenvalue weighted by atomic mass is 19.4. The Balaban J connectivity index is 1.84. The maximum Gasteiger partial charge on any atom is 0.416 e. The summed E-state index contributed by atoms with van der Waals surface area (Å²) in [5.74, 6) is -0.921. The smallest absolute Gasteiger partial charge is 0.346 e. The van der Waals surface area contributed by atoms with Gasteiger partial charge in [-0.15, -0.1) is 0 Å². The van der Waals surface area contributed by atoms with Gasteiger partial charge in [-0.25, -0.2) is 4.68 Å². The molecule has 168 valence electrons. The van der Waals surface area contributed by atoms with E-state index >= 15 is 0 Å². The average Bonchev–Trinajstić information content (AvgIpc) is 2.71.